The van der Waals surface area contributed by atoms with Gasteiger partial charge in [-0.3, -0.25) is 14.6 Å². The van der Waals surface area contributed by atoms with Gasteiger partial charge in [-0.25, -0.2) is 0 Å². The van der Waals surface area contributed by atoms with Crippen molar-refractivity contribution < 1.29 is 9.90 Å². The maximum Gasteiger partial charge on any atom is 0.317 e. The second-order valence-electron chi connectivity index (χ2n) is 7.53. The first kappa shape index (κ1) is 15.8. The topological polar surface area (TPSA) is 43.8 Å². The fraction of sp³-hybridized carbons (Fsp3) is 0.938. The summed E-state index contributed by atoms with van der Waals surface area (Å²) in [7, 11) is 0. The second-order valence-corrected chi connectivity index (χ2v) is 7.53. The van der Waals surface area contributed by atoms with Crippen molar-refractivity contribution in [2.75, 3.05) is 32.7 Å². The first-order chi connectivity index (χ1) is 9.38. The van der Waals surface area contributed by atoms with Crippen LogP contribution in [0.5, 0.6) is 0 Å². The van der Waals surface area contributed by atoms with Crippen LogP contribution < -0.4 is 0 Å². The predicted molar refractivity (Wildman–Crippen MR) is 80.8 cm³/mol. The molecule has 4 heteroatoms. The predicted octanol–water partition coefficient (Wildman–Crippen LogP) is 2.29. The van der Waals surface area contributed by atoms with Crippen LogP contribution in [0.25, 0.3) is 0 Å². The first-order valence-electron chi connectivity index (χ1n) is 8.06. The molecule has 1 N–H and O–H groups in total. The molecule has 2 fully saturated rings. The van der Waals surface area contributed by atoms with Crippen LogP contribution in [0, 0.1) is 11.3 Å². The van der Waals surface area contributed by atoms with Crippen molar-refractivity contribution in [3.8, 4) is 0 Å². The van der Waals surface area contributed by atoms with Gasteiger partial charge in [-0.15, -0.1) is 0 Å². The monoisotopic (exact) mass is 282 g/mol. The van der Waals surface area contributed by atoms with Gasteiger partial charge in [-0.1, -0.05) is 33.6 Å². The molecule has 0 aromatic rings. The minimum absolute atomic E-state index is 0.196. The fourth-order valence-electron chi connectivity index (χ4n) is 4.00. The van der Waals surface area contributed by atoms with Crippen LogP contribution in [0.3, 0.4) is 0 Å². The van der Waals surface area contributed by atoms with Crippen molar-refractivity contribution >= 4 is 5.97 Å². The zero-order valence-electron chi connectivity index (χ0n) is 13.3. The number of carboxylic acid groups (broad SMARTS) is 1. The quantitative estimate of drug-likeness (QED) is 0.862. The van der Waals surface area contributed by atoms with E-state index in [2.05, 4.69) is 30.6 Å². The third-order valence-electron chi connectivity index (χ3n) is 5.08. The Balaban J connectivity index is 1.92. The molecule has 2 rings (SSSR count). The van der Waals surface area contributed by atoms with Crippen molar-refractivity contribution in [3.63, 3.8) is 0 Å². The summed E-state index contributed by atoms with van der Waals surface area (Å²) in [4.78, 5) is 15.5. The van der Waals surface area contributed by atoms with E-state index in [4.69, 9.17) is 5.11 Å². The summed E-state index contributed by atoms with van der Waals surface area (Å²) in [5.74, 6) is 0.0750. The van der Waals surface area contributed by atoms with Gasteiger partial charge in [0.1, 0.15) is 0 Å². The smallest absolute Gasteiger partial charge is 0.317 e. The molecule has 116 valence electrons. The number of nitrogens with zero attached hydrogens (tertiary/aromatic N) is 2. The molecular weight excluding hydrogens is 252 g/mol. The Labute approximate surface area is 123 Å². The normalized spacial score (nSPS) is 30.4. The molecule has 0 aromatic heterocycles. The molecule has 2 aliphatic rings. The summed E-state index contributed by atoms with van der Waals surface area (Å²) in [6.45, 7) is 11.2. The lowest BCUT2D eigenvalue weighted by Crippen LogP contribution is -2.55. The molecule has 1 heterocycles. The van der Waals surface area contributed by atoms with Crippen molar-refractivity contribution in [2.45, 2.75) is 52.5 Å². The van der Waals surface area contributed by atoms with Crippen LogP contribution in [0.4, 0.5) is 0 Å². The molecule has 2 atom stereocenters. The zero-order chi connectivity index (χ0) is 14.8. The van der Waals surface area contributed by atoms with Crippen LogP contribution in [0.15, 0.2) is 0 Å². The SMILES string of the molecule is CC(C)(C)C1CCCCC1N1CCN(CC(=O)O)CC1. The minimum Gasteiger partial charge on any atom is -0.480 e. The summed E-state index contributed by atoms with van der Waals surface area (Å²) >= 11 is 0. The van der Waals surface area contributed by atoms with E-state index in [1.165, 1.54) is 25.7 Å². The molecule has 1 saturated carbocycles. The Hall–Kier alpha value is -0.610. The van der Waals surface area contributed by atoms with Crippen LogP contribution in [-0.4, -0.2) is 59.6 Å². The molecule has 1 aliphatic heterocycles. The summed E-state index contributed by atoms with van der Waals surface area (Å²) in [6, 6.07) is 0.704. The van der Waals surface area contributed by atoms with E-state index in [1.54, 1.807) is 0 Å². The Morgan fingerprint density at radius 2 is 1.70 bits per heavy atom. The number of carbonyl (C=O) groups is 1. The number of rotatable bonds is 3. The molecule has 4 nitrogen and oxygen atoms in total. The second kappa shape index (κ2) is 6.44. The van der Waals surface area contributed by atoms with Gasteiger partial charge in [0, 0.05) is 32.2 Å². The van der Waals surface area contributed by atoms with E-state index in [1.807, 2.05) is 0 Å². The van der Waals surface area contributed by atoms with Gasteiger partial charge < -0.3 is 5.11 Å². The Morgan fingerprint density at radius 3 is 2.25 bits per heavy atom. The van der Waals surface area contributed by atoms with Crippen molar-refractivity contribution in [1.29, 1.82) is 0 Å². The zero-order valence-corrected chi connectivity index (χ0v) is 13.3. The highest BCUT2D eigenvalue weighted by Crippen LogP contribution is 2.40. The third kappa shape index (κ3) is 3.95. The number of hydrogen-bond acceptors (Lipinski definition) is 3. The minimum atomic E-state index is -0.705. The van der Waals surface area contributed by atoms with Gasteiger partial charge >= 0.3 is 5.97 Å². The summed E-state index contributed by atoms with van der Waals surface area (Å²) in [5.41, 5.74) is 0.378. The first-order valence-corrected chi connectivity index (χ1v) is 8.06. The number of hydrogen-bond donors (Lipinski definition) is 1. The van der Waals surface area contributed by atoms with E-state index < -0.39 is 5.97 Å². The van der Waals surface area contributed by atoms with Gasteiger partial charge in [0.25, 0.3) is 0 Å². The number of aliphatic carboxylic acids is 1. The highest BCUT2D eigenvalue weighted by molar-refractivity contribution is 5.69. The molecule has 20 heavy (non-hydrogen) atoms. The molecule has 1 aliphatic carbocycles. The maximum absolute atomic E-state index is 10.8. The van der Waals surface area contributed by atoms with Crippen molar-refractivity contribution in [1.82, 2.24) is 9.80 Å². The maximum atomic E-state index is 10.8. The van der Waals surface area contributed by atoms with E-state index in [0.29, 0.717) is 11.5 Å². The van der Waals surface area contributed by atoms with Crippen molar-refractivity contribution in [2.24, 2.45) is 11.3 Å². The highest BCUT2D eigenvalue weighted by atomic mass is 16.4. The average molecular weight is 282 g/mol. The van der Waals surface area contributed by atoms with E-state index in [9.17, 15) is 4.79 Å². The molecule has 0 amide bonds. The molecule has 1 saturated heterocycles. The highest BCUT2D eigenvalue weighted by Gasteiger charge is 2.38. The molecular formula is C16H30N2O2. The van der Waals surface area contributed by atoms with Crippen LogP contribution in [0.2, 0.25) is 0 Å². The lowest BCUT2D eigenvalue weighted by atomic mass is 9.69. The van der Waals surface area contributed by atoms with Crippen LogP contribution >= 0.6 is 0 Å². The fourth-order valence-corrected chi connectivity index (χ4v) is 4.00. The lowest BCUT2D eigenvalue weighted by Gasteiger charge is -2.48. The van der Waals surface area contributed by atoms with Gasteiger partial charge in [0.2, 0.25) is 0 Å². The van der Waals surface area contributed by atoms with Crippen molar-refractivity contribution in [3.05, 3.63) is 0 Å². The Morgan fingerprint density at radius 1 is 1.10 bits per heavy atom. The van der Waals surface area contributed by atoms with Gasteiger partial charge in [0.15, 0.2) is 0 Å². The van der Waals surface area contributed by atoms with E-state index in [0.717, 1.165) is 32.1 Å². The summed E-state index contributed by atoms with van der Waals surface area (Å²) in [6.07, 6.45) is 5.40. The van der Waals surface area contributed by atoms with E-state index in [-0.39, 0.29) is 6.54 Å². The lowest BCUT2D eigenvalue weighted by molar-refractivity contribution is -0.138. The van der Waals surface area contributed by atoms with E-state index >= 15 is 0 Å². The van der Waals surface area contributed by atoms with Crippen LogP contribution in [0.1, 0.15) is 46.5 Å². The molecule has 0 spiro atoms. The number of piperazine rings is 1. The summed E-state index contributed by atoms with van der Waals surface area (Å²) in [5, 5.41) is 8.87. The largest absolute Gasteiger partial charge is 0.480 e. The van der Waals surface area contributed by atoms with Gasteiger partial charge in [-0.05, 0) is 24.2 Å². The molecule has 0 aromatic carbocycles. The molecule has 2 unspecified atom stereocenters. The Bertz CT molecular complexity index is 330. The average Bonchev–Trinajstić information content (AvgIpc) is 2.38. The molecule has 0 bridgehead atoms. The van der Waals surface area contributed by atoms with Crippen LogP contribution in [-0.2, 0) is 4.79 Å². The van der Waals surface area contributed by atoms with Gasteiger partial charge in [-0.2, -0.15) is 0 Å². The summed E-state index contributed by atoms with van der Waals surface area (Å²) < 4.78 is 0. The molecule has 0 radical (unpaired) electrons. The standard InChI is InChI=1S/C16H30N2O2/c1-16(2,3)13-6-4-5-7-14(13)18-10-8-17(9-11-18)12-15(19)20/h13-14H,4-12H2,1-3H3,(H,19,20). The number of carboxylic acids is 1. The Kier molecular flexibility index (Phi) is 5.08. The third-order valence-corrected chi connectivity index (χ3v) is 5.08. The van der Waals surface area contributed by atoms with Gasteiger partial charge in [0.05, 0.1) is 6.54 Å².